The van der Waals surface area contributed by atoms with Gasteiger partial charge in [0.2, 0.25) is 0 Å². The molecule has 1 heterocycles. The van der Waals surface area contributed by atoms with Crippen LogP contribution < -0.4 is 5.69 Å². The van der Waals surface area contributed by atoms with Gasteiger partial charge in [-0.1, -0.05) is 35.4 Å². The Balaban J connectivity index is 1.71. The molecule has 0 saturated heterocycles. The highest BCUT2D eigenvalue weighted by Gasteiger charge is 2.28. The van der Waals surface area contributed by atoms with Crippen LogP contribution in [0.2, 0.25) is 0 Å². The van der Waals surface area contributed by atoms with Crippen LogP contribution in [0.4, 0.5) is 0 Å². The molecular formula is C25H28N2O6. The summed E-state index contributed by atoms with van der Waals surface area (Å²) >= 11 is 0. The minimum atomic E-state index is -0.753. The number of nitrogens with one attached hydrogen (secondary N) is 1. The van der Waals surface area contributed by atoms with Crippen molar-refractivity contribution in [1.82, 2.24) is 9.55 Å². The predicted molar refractivity (Wildman–Crippen MR) is 122 cm³/mol. The smallest absolute Gasteiger partial charge is 0.338 e. The number of carbonyl (C=O) groups excluding carboxylic acids is 2. The topological polar surface area (TPSA) is 99.6 Å². The first-order valence-electron chi connectivity index (χ1n) is 10.7. The number of hydrogen-bond acceptors (Lipinski definition) is 6. The molecule has 0 saturated carbocycles. The van der Waals surface area contributed by atoms with Gasteiger partial charge in [0, 0.05) is 32.5 Å². The molecule has 33 heavy (non-hydrogen) atoms. The van der Waals surface area contributed by atoms with E-state index < -0.39 is 24.1 Å². The van der Waals surface area contributed by atoms with E-state index in [2.05, 4.69) is 4.98 Å². The van der Waals surface area contributed by atoms with Crippen molar-refractivity contribution >= 4 is 11.9 Å². The number of H-pyrrole nitrogens is 1. The Labute approximate surface area is 192 Å². The summed E-state index contributed by atoms with van der Waals surface area (Å²) in [4.78, 5) is 39.6. The number of esters is 2. The molecule has 0 aliphatic heterocycles. The number of carbonyl (C=O) groups is 2. The highest BCUT2D eigenvalue weighted by Crippen LogP contribution is 2.15. The van der Waals surface area contributed by atoms with E-state index in [4.69, 9.17) is 14.2 Å². The summed E-state index contributed by atoms with van der Waals surface area (Å²) < 4.78 is 18.2. The zero-order chi connectivity index (χ0) is 23.8. The lowest BCUT2D eigenvalue weighted by atomic mass is 10.1. The minimum absolute atomic E-state index is 0.114. The van der Waals surface area contributed by atoms with Crippen molar-refractivity contribution in [2.75, 3.05) is 13.7 Å². The fraction of sp³-hybridized carbons (Fsp3) is 0.320. The van der Waals surface area contributed by atoms with Gasteiger partial charge in [0.05, 0.1) is 11.1 Å². The third kappa shape index (κ3) is 6.66. The Kier molecular flexibility index (Phi) is 8.21. The molecule has 3 rings (SSSR count). The number of hydrogen-bond donors (Lipinski definition) is 1. The SMILES string of the molecule is COC(COC(=O)c1ccc(C)cc1)[C@@H](CCn1cc[nH]c1=O)OC(=O)c1ccc(C)cc1. The molecule has 0 fully saturated rings. The van der Waals surface area contributed by atoms with E-state index in [-0.39, 0.29) is 18.7 Å². The van der Waals surface area contributed by atoms with E-state index in [0.717, 1.165) is 11.1 Å². The molecule has 0 aliphatic carbocycles. The summed E-state index contributed by atoms with van der Waals surface area (Å²) in [7, 11) is 1.46. The Hall–Kier alpha value is -3.65. The zero-order valence-corrected chi connectivity index (χ0v) is 18.9. The Morgan fingerprint density at radius 1 is 0.909 bits per heavy atom. The van der Waals surface area contributed by atoms with Crippen molar-refractivity contribution in [2.45, 2.75) is 39.0 Å². The van der Waals surface area contributed by atoms with Gasteiger partial charge < -0.3 is 19.2 Å². The lowest BCUT2D eigenvalue weighted by molar-refractivity contribution is -0.0646. The van der Waals surface area contributed by atoms with Crippen LogP contribution in [0.5, 0.6) is 0 Å². The van der Waals surface area contributed by atoms with E-state index in [9.17, 15) is 14.4 Å². The highest BCUT2D eigenvalue weighted by molar-refractivity contribution is 5.90. The van der Waals surface area contributed by atoms with Crippen LogP contribution in [0.15, 0.2) is 65.7 Å². The number of rotatable bonds is 10. The van der Waals surface area contributed by atoms with Gasteiger partial charge in [-0.3, -0.25) is 4.57 Å². The number of aryl methyl sites for hydroxylation is 3. The molecule has 1 N–H and O–H groups in total. The summed E-state index contributed by atoms with van der Waals surface area (Å²) in [5.74, 6) is -1.02. The van der Waals surface area contributed by atoms with Gasteiger partial charge in [0.1, 0.15) is 18.8 Å². The van der Waals surface area contributed by atoms with Crippen molar-refractivity contribution in [2.24, 2.45) is 0 Å². The Morgan fingerprint density at radius 2 is 1.48 bits per heavy atom. The molecule has 0 amide bonds. The molecule has 1 unspecified atom stereocenters. The number of aromatic amines is 1. The molecule has 0 radical (unpaired) electrons. The van der Waals surface area contributed by atoms with Crippen molar-refractivity contribution in [3.63, 3.8) is 0 Å². The average molecular weight is 453 g/mol. The van der Waals surface area contributed by atoms with Crippen molar-refractivity contribution in [3.05, 3.63) is 93.7 Å². The molecular weight excluding hydrogens is 424 g/mol. The quantitative estimate of drug-likeness (QED) is 0.474. The second-order valence-corrected chi connectivity index (χ2v) is 7.80. The van der Waals surface area contributed by atoms with Gasteiger partial charge in [0.15, 0.2) is 0 Å². The Morgan fingerprint density at radius 3 is 2.00 bits per heavy atom. The number of benzene rings is 2. The molecule has 3 aromatic rings. The third-order valence-electron chi connectivity index (χ3n) is 5.31. The first-order valence-corrected chi connectivity index (χ1v) is 10.7. The molecule has 174 valence electrons. The summed E-state index contributed by atoms with van der Waals surface area (Å²) in [5, 5.41) is 0. The molecule has 0 bridgehead atoms. The summed E-state index contributed by atoms with van der Waals surface area (Å²) in [6.07, 6.45) is 1.96. The second kappa shape index (κ2) is 11.3. The molecule has 1 aromatic heterocycles. The van der Waals surface area contributed by atoms with Crippen LogP contribution in [0, 0.1) is 13.8 Å². The van der Waals surface area contributed by atoms with Crippen molar-refractivity contribution < 1.29 is 23.8 Å². The number of aromatic nitrogens is 2. The maximum Gasteiger partial charge on any atom is 0.338 e. The van der Waals surface area contributed by atoms with Crippen LogP contribution in [0.1, 0.15) is 38.3 Å². The van der Waals surface area contributed by atoms with E-state index in [1.54, 1.807) is 30.5 Å². The van der Waals surface area contributed by atoms with Gasteiger partial charge >= 0.3 is 17.6 Å². The number of nitrogens with zero attached hydrogens (tertiary/aromatic N) is 1. The van der Waals surface area contributed by atoms with Gasteiger partial charge in [-0.15, -0.1) is 0 Å². The van der Waals surface area contributed by atoms with Crippen LogP contribution in [-0.2, 0) is 20.8 Å². The van der Waals surface area contributed by atoms with Crippen LogP contribution in [-0.4, -0.2) is 47.4 Å². The maximum absolute atomic E-state index is 12.7. The van der Waals surface area contributed by atoms with E-state index >= 15 is 0 Å². The van der Waals surface area contributed by atoms with E-state index in [0.29, 0.717) is 17.7 Å². The second-order valence-electron chi connectivity index (χ2n) is 7.80. The molecule has 8 heteroatoms. The predicted octanol–water partition coefficient (Wildman–Crippen LogP) is 3.28. The summed E-state index contributed by atoms with van der Waals surface area (Å²) in [5.41, 5.74) is 2.61. The average Bonchev–Trinajstić information content (AvgIpc) is 3.22. The molecule has 2 atom stereocenters. The van der Waals surface area contributed by atoms with Crippen LogP contribution >= 0.6 is 0 Å². The van der Waals surface area contributed by atoms with E-state index in [1.165, 1.54) is 17.9 Å². The zero-order valence-electron chi connectivity index (χ0n) is 18.9. The lowest BCUT2D eigenvalue weighted by Gasteiger charge is -2.26. The minimum Gasteiger partial charge on any atom is -0.459 e. The third-order valence-corrected chi connectivity index (χ3v) is 5.31. The monoisotopic (exact) mass is 452 g/mol. The Bertz CT molecular complexity index is 1110. The molecule has 2 aromatic carbocycles. The standard InChI is InChI=1S/C25H28N2O6/c1-17-4-8-19(9-5-17)23(28)32-16-22(31-3)21(12-14-27-15-13-26-25(27)30)33-24(29)20-10-6-18(2)7-11-20/h4-11,13,15,21-22H,12,14,16H2,1-3H3,(H,26,30)/t21-,22?/m1/s1. The lowest BCUT2D eigenvalue weighted by Crippen LogP contribution is -2.38. The van der Waals surface area contributed by atoms with Crippen LogP contribution in [0.3, 0.4) is 0 Å². The fourth-order valence-electron chi connectivity index (χ4n) is 3.27. The number of imidazole rings is 1. The highest BCUT2D eigenvalue weighted by atomic mass is 16.6. The van der Waals surface area contributed by atoms with Gasteiger partial charge in [0.25, 0.3) is 0 Å². The van der Waals surface area contributed by atoms with Gasteiger partial charge in [-0.05, 0) is 38.1 Å². The molecule has 0 spiro atoms. The van der Waals surface area contributed by atoms with Gasteiger partial charge in [-0.2, -0.15) is 0 Å². The summed E-state index contributed by atoms with van der Waals surface area (Å²) in [6, 6.07) is 14.0. The normalized spacial score (nSPS) is 12.7. The fourth-order valence-corrected chi connectivity index (χ4v) is 3.27. The summed E-state index contributed by atoms with van der Waals surface area (Å²) in [6.45, 7) is 4.03. The van der Waals surface area contributed by atoms with Gasteiger partial charge in [-0.25, -0.2) is 14.4 Å². The van der Waals surface area contributed by atoms with Crippen LogP contribution in [0.25, 0.3) is 0 Å². The van der Waals surface area contributed by atoms with E-state index in [1.807, 2.05) is 38.1 Å². The largest absolute Gasteiger partial charge is 0.459 e. The molecule has 8 nitrogen and oxygen atoms in total. The number of ether oxygens (including phenoxy) is 3. The number of methoxy groups -OCH3 is 1. The first kappa shape index (κ1) is 24.0. The first-order chi connectivity index (χ1) is 15.9. The maximum atomic E-state index is 12.7. The van der Waals surface area contributed by atoms with Crippen molar-refractivity contribution in [3.8, 4) is 0 Å². The van der Waals surface area contributed by atoms with Crippen molar-refractivity contribution in [1.29, 1.82) is 0 Å². The molecule has 0 aliphatic rings.